The zero-order chi connectivity index (χ0) is 14.7. The summed E-state index contributed by atoms with van der Waals surface area (Å²) in [5.74, 6) is -0.187. The lowest BCUT2D eigenvalue weighted by Crippen LogP contribution is -2.37. The number of halogens is 2. The predicted molar refractivity (Wildman–Crippen MR) is 85.5 cm³/mol. The number of benzene rings is 1. The summed E-state index contributed by atoms with van der Waals surface area (Å²) in [6.45, 7) is 8.61. The second-order valence-corrected chi connectivity index (χ2v) is 5.98. The van der Waals surface area contributed by atoms with Crippen LogP contribution in [0.1, 0.15) is 25.8 Å². The summed E-state index contributed by atoms with van der Waals surface area (Å²) in [4.78, 5) is 4.59. The normalized spacial score (nSPS) is 19.1. The molecule has 1 aliphatic heterocycles. The van der Waals surface area contributed by atoms with Crippen LogP contribution in [-0.4, -0.2) is 37.1 Å². The maximum Gasteiger partial charge on any atom is 0.160 e. The number of nitrogens with two attached hydrogens (primary N) is 1. The summed E-state index contributed by atoms with van der Waals surface area (Å²) in [6.07, 6.45) is 1.09. The van der Waals surface area contributed by atoms with Crippen molar-refractivity contribution in [3.05, 3.63) is 28.0 Å². The van der Waals surface area contributed by atoms with Crippen LogP contribution >= 0.6 is 15.9 Å². The molecule has 3 nitrogen and oxygen atoms in total. The van der Waals surface area contributed by atoms with Crippen molar-refractivity contribution in [2.45, 2.75) is 32.9 Å². The Balaban J connectivity index is 2.16. The van der Waals surface area contributed by atoms with Crippen LogP contribution in [0.25, 0.3) is 0 Å². The van der Waals surface area contributed by atoms with Crippen LogP contribution in [0.5, 0.6) is 0 Å². The molecule has 2 rings (SSSR count). The minimum atomic E-state index is -0.187. The van der Waals surface area contributed by atoms with Gasteiger partial charge in [0.15, 0.2) is 5.82 Å². The Kier molecular flexibility index (Phi) is 5.41. The van der Waals surface area contributed by atoms with E-state index in [4.69, 9.17) is 5.73 Å². The summed E-state index contributed by atoms with van der Waals surface area (Å²) in [5, 5.41) is 0. The predicted octanol–water partition coefficient (Wildman–Crippen LogP) is 2.97. The molecule has 0 aliphatic carbocycles. The van der Waals surface area contributed by atoms with Gasteiger partial charge in [-0.05, 0) is 47.1 Å². The van der Waals surface area contributed by atoms with E-state index in [9.17, 15) is 4.39 Å². The molecule has 1 aromatic rings. The first-order chi connectivity index (χ1) is 9.62. The SMILES string of the molecule is CCN(CC)C1CCN(c2ccc(CN)c(Br)c2F)C1. The number of likely N-dealkylation sites (N-methyl/N-ethyl adjacent to an activating group) is 1. The highest BCUT2D eigenvalue weighted by Gasteiger charge is 2.28. The fourth-order valence-corrected chi connectivity index (χ4v) is 3.48. The number of hydrogen-bond acceptors (Lipinski definition) is 3. The zero-order valence-electron chi connectivity index (χ0n) is 12.2. The van der Waals surface area contributed by atoms with Gasteiger partial charge in [-0.3, -0.25) is 4.90 Å². The van der Waals surface area contributed by atoms with Gasteiger partial charge in [0.2, 0.25) is 0 Å². The lowest BCUT2D eigenvalue weighted by Gasteiger charge is -2.27. The van der Waals surface area contributed by atoms with Crippen molar-refractivity contribution in [2.24, 2.45) is 5.73 Å². The highest BCUT2D eigenvalue weighted by molar-refractivity contribution is 9.10. The fourth-order valence-electron chi connectivity index (χ4n) is 2.98. The van der Waals surface area contributed by atoms with Crippen LogP contribution in [0.15, 0.2) is 16.6 Å². The number of anilines is 1. The van der Waals surface area contributed by atoms with Crippen molar-refractivity contribution in [2.75, 3.05) is 31.1 Å². The highest BCUT2D eigenvalue weighted by atomic mass is 79.9. The second kappa shape index (κ2) is 6.87. The van der Waals surface area contributed by atoms with Crippen molar-refractivity contribution in [3.8, 4) is 0 Å². The Labute approximate surface area is 129 Å². The van der Waals surface area contributed by atoms with Gasteiger partial charge in [-0.15, -0.1) is 0 Å². The van der Waals surface area contributed by atoms with E-state index in [0.717, 1.165) is 38.2 Å². The molecular formula is C15H23BrFN3. The number of nitrogens with zero attached hydrogens (tertiary/aromatic N) is 2. The van der Waals surface area contributed by atoms with Crippen molar-refractivity contribution < 1.29 is 4.39 Å². The third-order valence-electron chi connectivity index (χ3n) is 4.19. The van der Waals surface area contributed by atoms with Crippen LogP contribution in [0.2, 0.25) is 0 Å². The summed E-state index contributed by atoms with van der Waals surface area (Å²) in [6, 6.07) is 4.29. The molecule has 0 aromatic heterocycles. The largest absolute Gasteiger partial charge is 0.368 e. The topological polar surface area (TPSA) is 32.5 Å². The van der Waals surface area contributed by atoms with Gasteiger partial charge < -0.3 is 10.6 Å². The highest BCUT2D eigenvalue weighted by Crippen LogP contribution is 2.32. The van der Waals surface area contributed by atoms with Crippen LogP contribution in [0.4, 0.5) is 10.1 Å². The van der Waals surface area contributed by atoms with E-state index < -0.39 is 0 Å². The van der Waals surface area contributed by atoms with E-state index >= 15 is 0 Å². The molecule has 0 spiro atoms. The number of rotatable bonds is 5. The van der Waals surface area contributed by atoms with Gasteiger partial charge in [-0.25, -0.2) is 4.39 Å². The third-order valence-corrected chi connectivity index (χ3v) is 5.05. The van der Waals surface area contributed by atoms with Crippen LogP contribution < -0.4 is 10.6 Å². The quantitative estimate of drug-likeness (QED) is 0.891. The van der Waals surface area contributed by atoms with Gasteiger partial charge in [-0.2, -0.15) is 0 Å². The summed E-state index contributed by atoms with van der Waals surface area (Å²) < 4.78 is 14.9. The fraction of sp³-hybridized carbons (Fsp3) is 0.600. The molecule has 1 unspecified atom stereocenters. The molecule has 112 valence electrons. The monoisotopic (exact) mass is 343 g/mol. The molecule has 0 radical (unpaired) electrons. The van der Waals surface area contributed by atoms with E-state index in [2.05, 4.69) is 39.6 Å². The molecular weight excluding hydrogens is 321 g/mol. The van der Waals surface area contributed by atoms with Gasteiger partial charge in [0.25, 0.3) is 0 Å². The standard InChI is InChI=1S/C15H23BrFN3/c1-3-19(4-2)12-7-8-20(10-12)13-6-5-11(9-18)14(16)15(13)17/h5-6,12H,3-4,7-10,18H2,1-2H3. The smallest absolute Gasteiger partial charge is 0.160 e. The van der Waals surface area contributed by atoms with Crippen molar-refractivity contribution in [1.82, 2.24) is 4.90 Å². The molecule has 1 saturated heterocycles. The number of hydrogen-bond donors (Lipinski definition) is 1. The van der Waals surface area contributed by atoms with Crippen molar-refractivity contribution >= 4 is 21.6 Å². The molecule has 2 N–H and O–H groups in total. The maximum atomic E-state index is 14.4. The molecule has 0 amide bonds. The minimum Gasteiger partial charge on any atom is -0.368 e. The first-order valence-corrected chi connectivity index (χ1v) is 8.07. The average Bonchev–Trinajstić information content (AvgIpc) is 2.92. The van der Waals surface area contributed by atoms with E-state index in [1.165, 1.54) is 0 Å². The molecule has 1 aromatic carbocycles. The Hall–Kier alpha value is -0.650. The summed E-state index contributed by atoms with van der Waals surface area (Å²) in [7, 11) is 0. The van der Waals surface area contributed by atoms with Gasteiger partial charge in [0, 0.05) is 25.7 Å². The Morgan fingerprint density at radius 1 is 1.40 bits per heavy atom. The first-order valence-electron chi connectivity index (χ1n) is 7.28. The molecule has 1 atom stereocenters. The molecule has 0 saturated carbocycles. The Morgan fingerprint density at radius 3 is 2.70 bits per heavy atom. The zero-order valence-corrected chi connectivity index (χ0v) is 13.8. The molecule has 0 bridgehead atoms. The average molecular weight is 344 g/mol. The molecule has 1 aliphatic rings. The molecule has 20 heavy (non-hydrogen) atoms. The summed E-state index contributed by atoms with van der Waals surface area (Å²) >= 11 is 3.32. The third kappa shape index (κ3) is 3.00. The van der Waals surface area contributed by atoms with Gasteiger partial charge in [0.1, 0.15) is 0 Å². The summed E-state index contributed by atoms with van der Waals surface area (Å²) in [5.41, 5.74) is 7.10. The second-order valence-electron chi connectivity index (χ2n) is 5.19. The first kappa shape index (κ1) is 15.7. The molecule has 1 heterocycles. The van der Waals surface area contributed by atoms with Gasteiger partial charge in [0.05, 0.1) is 10.2 Å². The minimum absolute atomic E-state index is 0.187. The van der Waals surface area contributed by atoms with E-state index in [0.29, 0.717) is 22.7 Å². The van der Waals surface area contributed by atoms with Crippen molar-refractivity contribution in [1.29, 1.82) is 0 Å². The van der Waals surface area contributed by atoms with Gasteiger partial charge >= 0.3 is 0 Å². The molecule has 1 fully saturated rings. The van der Waals surface area contributed by atoms with Gasteiger partial charge in [-0.1, -0.05) is 19.9 Å². The van der Waals surface area contributed by atoms with Crippen LogP contribution in [-0.2, 0) is 6.54 Å². The van der Waals surface area contributed by atoms with E-state index in [1.54, 1.807) is 0 Å². The Bertz CT molecular complexity index is 463. The van der Waals surface area contributed by atoms with Crippen LogP contribution in [0.3, 0.4) is 0 Å². The molecule has 5 heteroatoms. The maximum absolute atomic E-state index is 14.4. The van der Waals surface area contributed by atoms with Crippen LogP contribution in [0, 0.1) is 5.82 Å². The Morgan fingerprint density at radius 2 is 2.10 bits per heavy atom. The van der Waals surface area contributed by atoms with E-state index in [1.807, 2.05) is 12.1 Å². The lowest BCUT2D eigenvalue weighted by atomic mass is 10.2. The van der Waals surface area contributed by atoms with E-state index in [-0.39, 0.29) is 5.82 Å². The van der Waals surface area contributed by atoms with Crippen molar-refractivity contribution in [3.63, 3.8) is 0 Å². The lowest BCUT2D eigenvalue weighted by molar-refractivity contribution is 0.232.